The van der Waals surface area contributed by atoms with Crippen LogP contribution in [0.1, 0.15) is 51.3 Å². The van der Waals surface area contributed by atoms with E-state index in [0.29, 0.717) is 17.9 Å². The van der Waals surface area contributed by atoms with Gasteiger partial charge in [0.2, 0.25) is 0 Å². The molecule has 1 fully saturated rings. The molecule has 0 heterocycles. The second-order valence-corrected chi connectivity index (χ2v) is 6.50. The first kappa shape index (κ1) is 15.3. The van der Waals surface area contributed by atoms with Gasteiger partial charge in [-0.15, -0.1) is 0 Å². The van der Waals surface area contributed by atoms with Crippen molar-refractivity contribution >= 4 is 0 Å². The largest absolute Gasteiger partial charge is 0.508 e. The summed E-state index contributed by atoms with van der Waals surface area (Å²) < 4.78 is 5.76. The van der Waals surface area contributed by atoms with E-state index in [1.165, 1.54) is 5.56 Å². The molecule has 1 aromatic carbocycles. The summed E-state index contributed by atoms with van der Waals surface area (Å²) in [6.45, 7) is 11.5. The van der Waals surface area contributed by atoms with Crippen LogP contribution in [0.5, 0.6) is 5.75 Å². The van der Waals surface area contributed by atoms with Gasteiger partial charge in [-0.2, -0.15) is 0 Å². The molecule has 3 unspecified atom stereocenters. The van der Waals surface area contributed by atoms with E-state index in [4.69, 9.17) is 4.74 Å². The quantitative estimate of drug-likeness (QED) is 0.864. The Labute approximate surface area is 122 Å². The molecule has 112 valence electrons. The molecular formula is C17H27NO2. The fraction of sp³-hybridized carbons (Fsp3) is 0.647. The average molecular weight is 277 g/mol. The lowest BCUT2D eigenvalue weighted by atomic mass is 9.64. The molecule has 20 heavy (non-hydrogen) atoms. The smallest absolute Gasteiger partial charge is 0.120 e. The summed E-state index contributed by atoms with van der Waals surface area (Å²) in [4.78, 5) is 0. The lowest BCUT2D eigenvalue weighted by molar-refractivity contribution is -0.116. The van der Waals surface area contributed by atoms with E-state index in [-0.39, 0.29) is 11.5 Å². The predicted molar refractivity (Wildman–Crippen MR) is 82.0 cm³/mol. The average Bonchev–Trinajstić information content (AvgIpc) is 2.40. The zero-order valence-electron chi connectivity index (χ0n) is 13.2. The lowest BCUT2D eigenvalue weighted by Crippen LogP contribution is -2.61. The van der Waals surface area contributed by atoms with Crippen molar-refractivity contribution in [1.29, 1.82) is 0 Å². The zero-order valence-corrected chi connectivity index (χ0v) is 13.2. The Bertz CT molecular complexity index is 470. The van der Waals surface area contributed by atoms with Gasteiger partial charge in [0.1, 0.15) is 5.75 Å². The van der Waals surface area contributed by atoms with Gasteiger partial charge in [0.25, 0.3) is 0 Å². The first-order valence-electron chi connectivity index (χ1n) is 7.53. The van der Waals surface area contributed by atoms with Crippen molar-refractivity contribution in [2.45, 2.75) is 59.2 Å². The van der Waals surface area contributed by atoms with Gasteiger partial charge in [-0.25, -0.2) is 0 Å². The molecule has 0 amide bonds. The molecule has 1 aromatic rings. The minimum Gasteiger partial charge on any atom is -0.508 e. The molecule has 1 saturated carbocycles. The number of phenols is 1. The Morgan fingerprint density at radius 1 is 1.45 bits per heavy atom. The van der Waals surface area contributed by atoms with Gasteiger partial charge >= 0.3 is 0 Å². The molecular weight excluding hydrogens is 250 g/mol. The van der Waals surface area contributed by atoms with Gasteiger partial charge < -0.3 is 15.2 Å². The molecule has 3 atom stereocenters. The van der Waals surface area contributed by atoms with Gasteiger partial charge in [-0.05, 0) is 33.3 Å². The Hall–Kier alpha value is -1.06. The number of phenolic OH excluding ortho intramolecular Hbond substituents is 1. The molecule has 1 aliphatic carbocycles. The van der Waals surface area contributed by atoms with Crippen molar-refractivity contribution in [3.63, 3.8) is 0 Å². The fourth-order valence-electron chi connectivity index (χ4n) is 3.06. The second-order valence-electron chi connectivity index (χ2n) is 6.50. The first-order valence-corrected chi connectivity index (χ1v) is 7.53. The zero-order chi connectivity index (χ0) is 14.9. The molecule has 3 heteroatoms. The molecule has 0 aromatic heterocycles. The predicted octanol–water partition coefficient (Wildman–Crippen LogP) is 3.55. The third kappa shape index (κ3) is 2.84. The Kier molecular flexibility index (Phi) is 4.40. The van der Waals surface area contributed by atoms with Crippen LogP contribution in [-0.2, 0) is 4.74 Å². The number of aromatic hydroxyl groups is 1. The van der Waals surface area contributed by atoms with Crippen LogP contribution in [0.25, 0.3) is 0 Å². The summed E-state index contributed by atoms with van der Waals surface area (Å²) in [5, 5.41) is 13.6. The second kappa shape index (κ2) is 5.74. The maximum Gasteiger partial charge on any atom is 0.120 e. The van der Waals surface area contributed by atoms with Crippen molar-refractivity contribution in [3.05, 3.63) is 29.3 Å². The van der Waals surface area contributed by atoms with Crippen LogP contribution >= 0.6 is 0 Å². The summed E-state index contributed by atoms with van der Waals surface area (Å²) in [5.41, 5.74) is 2.29. The highest BCUT2D eigenvalue weighted by molar-refractivity contribution is 5.37. The summed E-state index contributed by atoms with van der Waals surface area (Å²) >= 11 is 0. The molecule has 0 spiro atoms. The minimum atomic E-state index is 0.141. The van der Waals surface area contributed by atoms with E-state index < -0.39 is 0 Å². The third-order valence-electron chi connectivity index (χ3n) is 4.65. The molecule has 0 aliphatic heterocycles. The Morgan fingerprint density at radius 2 is 2.15 bits per heavy atom. The molecule has 0 bridgehead atoms. The SMILES string of the molecule is CCOC1CC(NC(C)c2cc(C)ccc2O)C1(C)C. The lowest BCUT2D eigenvalue weighted by Gasteiger charge is -2.52. The topological polar surface area (TPSA) is 41.5 Å². The highest BCUT2D eigenvalue weighted by Crippen LogP contribution is 2.44. The number of hydrogen-bond donors (Lipinski definition) is 2. The minimum absolute atomic E-state index is 0.141. The van der Waals surface area contributed by atoms with E-state index in [9.17, 15) is 5.11 Å². The standard InChI is InChI=1S/C17H27NO2/c1-6-20-16-10-15(17(16,4)5)18-12(3)13-9-11(2)7-8-14(13)19/h7-9,12,15-16,18-19H,6,10H2,1-5H3. The van der Waals surface area contributed by atoms with E-state index >= 15 is 0 Å². The summed E-state index contributed by atoms with van der Waals surface area (Å²) in [6, 6.07) is 6.33. The highest BCUT2D eigenvalue weighted by atomic mass is 16.5. The van der Waals surface area contributed by atoms with E-state index in [1.54, 1.807) is 6.07 Å². The van der Waals surface area contributed by atoms with E-state index in [2.05, 4.69) is 32.2 Å². The van der Waals surface area contributed by atoms with Crippen LogP contribution in [0.4, 0.5) is 0 Å². The Morgan fingerprint density at radius 3 is 2.75 bits per heavy atom. The molecule has 3 nitrogen and oxygen atoms in total. The van der Waals surface area contributed by atoms with Crippen molar-refractivity contribution < 1.29 is 9.84 Å². The van der Waals surface area contributed by atoms with Gasteiger partial charge in [0.15, 0.2) is 0 Å². The van der Waals surface area contributed by atoms with Crippen molar-refractivity contribution in [2.24, 2.45) is 5.41 Å². The monoisotopic (exact) mass is 277 g/mol. The maximum atomic E-state index is 10.0. The number of aryl methyl sites for hydroxylation is 1. The number of hydrogen-bond acceptors (Lipinski definition) is 3. The van der Waals surface area contributed by atoms with Gasteiger partial charge in [-0.3, -0.25) is 0 Å². The van der Waals surface area contributed by atoms with Crippen LogP contribution < -0.4 is 5.32 Å². The summed E-state index contributed by atoms with van der Waals surface area (Å²) in [7, 11) is 0. The summed E-state index contributed by atoms with van der Waals surface area (Å²) in [6.07, 6.45) is 1.38. The van der Waals surface area contributed by atoms with Crippen molar-refractivity contribution in [2.75, 3.05) is 6.61 Å². The van der Waals surface area contributed by atoms with Crippen LogP contribution in [-0.4, -0.2) is 23.9 Å². The molecule has 1 aliphatic rings. The maximum absolute atomic E-state index is 10.0. The Balaban J connectivity index is 2.02. The molecule has 0 radical (unpaired) electrons. The number of benzene rings is 1. The molecule has 0 saturated heterocycles. The normalized spacial score (nSPS) is 26.1. The van der Waals surface area contributed by atoms with Gasteiger partial charge in [0, 0.05) is 29.7 Å². The van der Waals surface area contributed by atoms with E-state index in [0.717, 1.165) is 18.6 Å². The fourth-order valence-corrected chi connectivity index (χ4v) is 3.06. The van der Waals surface area contributed by atoms with Crippen molar-refractivity contribution in [1.82, 2.24) is 5.32 Å². The number of ether oxygens (including phenoxy) is 1. The van der Waals surface area contributed by atoms with Crippen LogP contribution in [0.2, 0.25) is 0 Å². The third-order valence-corrected chi connectivity index (χ3v) is 4.65. The van der Waals surface area contributed by atoms with Crippen LogP contribution in [0, 0.1) is 12.3 Å². The van der Waals surface area contributed by atoms with Gasteiger partial charge in [0.05, 0.1) is 6.10 Å². The molecule has 2 N–H and O–H groups in total. The number of rotatable bonds is 5. The van der Waals surface area contributed by atoms with Crippen LogP contribution in [0.15, 0.2) is 18.2 Å². The van der Waals surface area contributed by atoms with Crippen LogP contribution in [0.3, 0.4) is 0 Å². The first-order chi connectivity index (χ1) is 9.36. The molecule has 2 rings (SSSR count). The van der Waals surface area contributed by atoms with E-state index in [1.807, 2.05) is 19.9 Å². The van der Waals surface area contributed by atoms with Crippen molar-refractivity contribution in [3.8, 4) is 5.75 Å². The summed E-state index contributed by atoms with van der Waals surface area (Å²) in [5.74, 6) is 0.370. The highest BCUT2D eigenvalue weighted by Gasteiger charge is 2.49. The number of nitrogens with one attached hydrogen (secondary N) is 1. The van der Waals surface area contributed by atoms with Gasteiger partial charge in [-0.1, -0.05) is 31.5 Å².